The Kier molecular flexibility index (Phi) is 6.30. The number of unbranched alkanes of at least 4 members (excludes halogenated alkanes) is 1. The van der Waals surface area contributed by atoms with E-state index in [1.165, 1.54) is 0 Å². The average molecular weight is 316 g/mol. The van der Waals surface area contributed by atoms with E-state index in [0.717, 1.165) is 24.0 Å². The minimum absolute atomic E-state index is 0.492. The van der Waals surface area contributed by atoms with Crippen LogP contribution in [0.15, 0.2) is 52.2 Å². The van der Waals surface area contributed by atoms with Gasteiger partial charge in [0.1, 0.15) is 5.94 Å². The molecule has 0 atom stereocenters. The van der Waals surface area contributed by atoms with Crippen LogP contribution in [0.4, 0.5) is 0 Å². The molecule has 2 rings (SSSR count). The van der Waals surface area contributed by atoms with Crippen molar-refractivity contribution in [3.63, 3.8) is 0 Å². The van der Waals surface area contributed by atoms with E-state index in [-0.39, 0.29) is 0 Å². The maximum Gasteiger partial charge on any atom is 0.204 e. The molecule has 0 spiro atoms. The van der Waals surface area contributed by atoms with E-state index < -0.39 is 0 Å². The molecule has 0 unspecified atom stereocenters. The van der Waals surface area contributed by atoms with Gasteiger partial charge in [0.25, 0.3) is 0 Å². The SMILES string of the molecule is CCCCOC1=C(OCC)C2=CC=CCC(=C=O)C2=C1OCC. The molecule has 4 heteroatoms. The molecule has 0 aromatic carbocycles. The molecule has 0 fully saturated rings. The summed E-state index contributed by atoms with van der Waals surface area (Å²) in [6, 6.07) is 0. The fourth-order valence-corrected chi connectivity index (χ4v) is 2.60. The van der Waals surface area contributed by atoms with Crippen LogP contribution in [0.25, 0.3) is 0 Å². The van der Waals surface area contributed by atoms with Crippen LogP contribution in [0.1, 0.15) is 40.0 Å². The Morgan fingerprint density at radius 3 is 2.43 bits per heavy atom. The van der Waals surface area contributed by atoms with Gasteiger partial charge in [0.05, 0.1) is 25.4 Å². The molecule has 0 N–H and O–H groups in total. The Morgan fingerprint density at radius 2 is 1.78 bits per heavy atom. The van der Waals surface area contributed by atoms with E-state index in [2.05, 4.69) is 12.9 Å². The van der Waals surface area contributed by atoms with Crippen molar-refractivity contribution in [2.75, 3.05) is 19.8 Å². The molecular formula is C19H24O4. The average Bonchev–Trinajstić information content (AvgIpc) is 2.72. The van der Waals surface area contributed by atoms with Crippen molar-refractivity contribution in [1.29, 1.82) is 0 Å². The Balaban J connectivity index is 2.53. The highest BCUT2D eigenvalue weighted by molar-refractivity contribution is 5.75. The summed E-state index contributed by atoms with van der Waals surface area (Å²) in [5.74, 6) is 3.91. The molecule has 0 bridgehead atoms. The molecule has 124 valence electrons. The van der Waals surface area contributed by atoms with Crippen LogP contribution in [0.5, 0.6) is 0 Å². The first kappa shape index (κ1) is 17.2. The summed E-state index contributed by atoms with van der Waals surface area (Å²) in [7, 11) is 0. The summed E-state index contributed by atoms with van der Waals surface area (Å²) in [6.45, 7) is 7.56. The lowest BCUT2D eigenvalue weighted by Crippen LogP contribution is -2.04. The summed E-state index contributed by atoms with van der Waals surface area (Å²) >= 11 is 0. The number of hydrogen-bond donors (Lipinski definition) is 0. The second-order valence-corrected chi connectivity index (χ2v) is 5.22. The number of hydrogen-bond acceptors (Lipinski definition) is 4. The van der Waals surface area contributed by atoms with Crippen molar-refractivity contribution in [3.05, 3.63) is 52.2 Å². The predicted octanol–water partition coefficient (Wildman–Crippen LogP) is 4.00. The molecule has 2 aliphatic rings. The highest BCUT2D eigenvalue weighted by Gasteiger charge is 2.36. The van der Waals surface area contributed by atoms with E-state index in [4.69, 9.17) is 14.2 Å². The zero-order chi connectivity index (χ0) is 16.7. The monoisotopic (exact) mass is 316 g/mol. The van der Waals surface area contributed by atoms with Crippen molar-refractivity contribution in [3.8, 4) is 0 Å². The van der Waals surface area contributed by atoms with Crippen LogP contribution >= 0.6 is 0 Å². The number of allylic oxidation sites excluding steroid dienone is 5. The molecule has 0 amide bonds. The van der Waals surface area contributed by atoms with Gasteiger partial charge in [0.15, 0.2) is 11.5 Å². The van der Waals surface area contributed by atoms with Gasteiger partial charge in [-0.15, -0.1) is 0 Å². The minimum Gasteiger partial charge on any atom is -0.489 e. The number of fused-ring (bicyclic) bond motifs is 1. The topological polar surface area (TPSA) is 44.8 Å². The van der Waals surface area contributed by atoms with Gasteiger partial charge in [-0.25, -0.2) is 4.79 Å². The molecule has 0 aromatic rings. The van der Waals surface area contributed by atoms with Gasteiger partial charge >= 0.3 is 0 Å². The first-order valence-corrected chi connectivity index (χ1v) is 8.27. The van der Waals surface area contributed by atoms with Gasteiger partial charge in [-0.2, -0.15) is 0 Å². The van der Waals surface area contributed by atoms with Gasteiger partial charge < -0.3 is 14.2 Å². The van der Waals surface area contributed by atoms with Gasteiger partial charge in [0, 0.05) is 17.6 Å². The third-order valence-corrected chi connectivity index (χ3v) is 3.62. The quantitative estimate of drug-likeness (QED) is 0.501. The third kappa shape index (κ3) is 3.59. The molecule has 2 aliphatic carbocycles. The van der Waals surface area contributed by atoms with E-state index in [1.54, 1.807) is 0 Å². The van der Waals surface area contributed by atoms with Crippen molar-refractivity contribution >= 4 is 5.94 Å². The van der Waals surface area contributed by atoms with Crippen molar-refractivity contribution in [2.24, 2.45) is 0 Å². The lowest BCUT2D eigenvalue weighted by atomic mass is 10.00. The smallest absolute Gasteiger partial charge is 0.204 e. The molecular weight excluding hydrogens is 292 g/mol. The van der Waals surface area contributed by atoms with Crippen LogP contribution in [0.2, 0.25) is 0 Å². The summed E-state index contributed by atoms with van der Waals surface area (Å²) in [6.07, 6.45) is 8.33. The molecule has 0 heterocycles. The Bertz CT molecular complexity index is 613. The lowest BCUT2D eigenvalue weighted by Gasteiger charge is -2.14. The van der Waals surface area contributed by atoms with Crippen LogP contribution in [-0.4, -0.2) is 25.8 Å². The second kappa shape index (κ2) is 8.44. The fourth-order valence-electron chi connectivity index (χ4n) is 2.60. The van der Waals surface area contributed by atoms with Crippen molar-refractivity contribution in [2.45, 2.75) is 40.0 Å². The first-order valence-electron chi connectivity index (χ1n) is 8.27. The van der Waals surface area contributed by atoms with Crippen LogP contribution in [0, 0.1) is 0 Å². The summed E-state index contributed by atoms with van der Waals surface area (Å²) < 4.78 is 17.6. The van der Waals surface area contributed by atoms with E-state index >= 15 is 0 Å². The molecule has 0 aromatic heterocycles. The summed E-state index contributed by atoms with van der Waals surface area (Å²) in [5.41, 5.74) is 2.16. The molecule has 4 nitrogen and oxygen atoms in total. The normalized spacial score (nSPS) is 16.8. The Labute approximate surface area is 137 Å². The highest BCUT2D eigenvalue weighted by Crippen LogP contribution is 2.43. The minimum atomic E-state index is 0.492. The summed E-state index contributed by atoms with van der Waals surface area (Å²) in [4.78, 5) is 11.4. The van der Waals surface area contributed by atoms with Gasteiger partial charge in [-0.1, -0.05) is 31.6 Å². The second-order valence-electron chi connectivity index (χ2n) is 5.22. The van der Waals surface area contributed by atoms with E-state index in [1.807, 2.05) is 32.1 Å². The van der Waals surface area contributed by atoms with Gasteiger partial charge in [0.2, 0.25) is 5.76 Å². The number of carbonyl (C=O) groups excluding carboxylic acids is 1. The van der Waals surface area contributed by atoms with Crippen molar-refractivity contribution < 1.29 is 19.0 Å². The lowest BCUT2D eigenvalue weighted by molar-refractivity contribution is 0.135. The van der Waals surface area contributed by atoms with Gasteiger partial charge in [-0.05, 0) is 20.3 Å². The zero-order valence-electron chi connectivity index (χ0n) is 14.1. The Hall–Kier alpha value is -2.19. The number of rotatable bonds is 8. The van der Waals surface area contributed by atoms with Crippen LogP contribution < -0.4 is 0 Å². The maximum atomic E-state index is 11.4. The van der Waals surface area contributed by atoms with Gasteiger partial charge in [-0.3, -0.25) is 0 Å². The molecule has 0 aliphatic heterocycles. The third-order valence-electron chi connectivity index (χ3n) is 3.62. The van der Waals surface area contributed by atoms with Crippen molar-refractivity contribution in [1.82, 2.24) is 0 Å². The number of ether oxygens (including phenoxy) is 3. The first-order chi connectivity index (χ1) is 11.3. The van der Waals surface area contributed by atoms with Crippen LogP contribution in [-0.2, 0) is 19.0 Å². The molecule has 0 saturated carbocycles. The molecule has 23 heavy (non-hydrogen) atoms. The Morgan fingerprint density at radius 1 is 1.04 bits per heavy atom. The molecule has 0 saturated heterocycles. The summed E-state index contributed by atoms with van der Waals surface area (Å²) in [5, 5.41) is 0. The fraction of sp³-hybridized carbons (Fsp3) is 0.474. The van der Waals surface area contributed by atoms with Crippen LogP contribution in [0.3, 0.4) is 0 Å². The predicted molar refractivity (Wildman–Crippen MR) is 89.2 cm³/mol. The zero-order valence-corrected chi connectivity index (χ0v) is 14.1. The molecule has 0 radical (unpaired) electrons. The van der Waals surface area contributed by atoms with E-state index in [0.29, 0.717) is 49.1 Å². The standard InChI is InChI=1S/C19H24O4/c1-4-7-12-23-19-17(21-5-2)15-11-9-8-10-14(13-20)16(15)18(19)22-6-3/h8-9,11H,4-7,10,12H2,1-3H3. The highest BCUT2D eigenvalue weighted by atomic mass is 16.5. The maximum absolute atomic E-state index is 11.4. The van der Waals surface area contributed by atoms with E-state index in [9.17, 15) is 4.79 Å². The largest absolute Gasteiger partial charge is 0.489 e.